The second-order valence-electron chi connectivity index (χ2n) is 17.1. The van der Waals surface area contributed by atoms with Crippen LogP contribution >= 0.6 is 0 Å². The number of sulfone groups is 1. The Balaban J connectivity index is -0.0000000425. The minimum atomic E-state index is -2.97. The van der Waals surface area contributed by atoms with E-state index < -0.39 is 48.4 Å². The SMILES string of the molecule is CC(C)C.CC(C)CS(C)(=O)=O.CC(C)F.CC(C)F.CC(C)F.CC(C)N.CC(C)N.CC(C)NS(C)(=O)=O.CC(C)NS(C)(=O)=O.CC(C)O.CC(C)O.CC(C)O. The summed E-state index contributed by atoms with van der Waals surface area (Å²) in [4.78, 5) is 0. The van der Waals surface area contributed by atoms with Gasteiger partial charge in [-0.2, -0.15) is 0 Å². The van der Waals surface area contributed by atoms with E-state index in [-0.39, 0.29) is 36.3 Å². The topological polar surface area (TPSA) is 239 Å². The summed E-state index contributed by atoms with van der Waals surface area (Å²) in [6.07, 6.45) is 1.05. The van der Waals surface area contributed by atoms with Crippen LogP contribution in [0.2, 0.25) is 0 Å². The van der Waals surface area contributed by atoms with Gasteiger partial charge in [-0.05, 0) is 135 Å². The lowest BCUT2D eigenvalue weighted by Crippen LogP contribution is -2.28. The van der Waals surface area contributed by atoms with Crippen molar-refractivity contribution in [2.75, 3.05) is 24.5 Å². The maximum Gasteiger partial charge on any atom is 0.208 e. The van der Waals surface area contributed by atoms with E-state index in [1.165, 1.54) is 47.8 Å². The first-order valence-corrected chi connectivity index (χ1v) is 26.3. The molecule has 0 bridgehead atoms. The lowest BCUT2D eigenvalue weighted by Gasteiger charge is -2.02. The van der Waals surface area contributed by atoms with Crippen LogP contribution < -0.4 is 20.9 Å². The number of aliphatic hydroxyl groups excluding tert-OH is 3. The van der Waals surface area contributed by atoms with Crippen molar-refractivity contribution in [3.8, 4) is 0 Å². The van der Waals surface area contributed by atoms with Gasteiger partial charge in [-0.1, -0.05) is 62.3 Å². The van der Waals surface area contributed by atoms with Crippen molar-refractivity contribution in [1.29, 1.82) is 0 Å². The van der Waals surface area contributed by atoms with E-state index >= 15 is 0 Å². The number of hydrogen-bond acceptors (Lipinski definition) is 11. The van der Waals surface area contributed by atoms with Gasteiger partial charge in [-0.3, -0.25) is 0 Å². The molecule has 13 nitrogen and oxygen atoms in total. The molecule has 0 saturated heterocycles. The highest BCUT2D eigenvalue weighted by atomic mass is 32.2. The van der Waals surface area contributed by atoms with Crippen LogP contribution in [0.25, 0.3) is 0 Å². The van der Waals surface area contributed by atoms with Gasteiger partial charge in [0.05, 0.1) is 36.8 Å². The lowest BCUT2D eigenvalue weighted by atomic mass is 10.3. The minimum Gasteiger partial charge on any atom is -0.394 e. The molecular formula is C41H107F3N4O9S3. The predicted octanol–water partition coefficient (Wildman–Crippen LogP) is 8.20. The lowest BCUT2D eigenvalue weighted by molar-refractivity contribution is 0.215. The molecule has 0 aliphatic heterocycles. The van der Waals surface area contributed by atoms with Crippen LogP contribution in [0, 0.1) is 11.8 Å². The summed E-state index contributed by atoms with van der Waals surface area (Å²) in [5.74, 6) is 1.39. The van der Waals surface area contributed by atoms with E-state index in [2.05, 4.69) is 30.2 Å². The first-order valence-electron chi connectivity index (χ1n) is 20.4. The molecule has 0 saturated carbocycles. The van der Waals surface area contributed by atoms with Crippen LogP contribution in [0.1, 0.15) is 173 Å². The highest BCUT2D eigenvalue weighted by Gasteiger charge is 2.04. The summed E-state index contributed by atoms with van der Waals surface area (Å²) in [5, 5.41) is 24.2. The molecular weight excluding hydrogens is 846 g/mol. The molecule has 0 amide bonds. The van der Waals surface area contributed by atoms with Gasteiger partial charge in [-0.25, -0.2) is 47.9 Å². The van der Waals surface area contributed by atoms with Gasteiger partial charge in [0.15, 0.2) is 0 Å². The number of rotatable bonds is 6. The fourth-order valence-electron chi connectivity index (χ4n) is 1.46. The number of alkyl halides is 3. The number of hydrogen-bond donors (Lipinski definition) is 7. The Bertz CT molecular complexity index is 860. The van der Waals surface area contributed by atoms with Gasteiger partial charge in [0, 0.05) is 36.7 Å². The van der Waals surface area contributed by atoms with Crippen LogP contribution in [0.15, 0.2) is 0 Å². The van der Waals surface area contributed by atoms with Gasteiger partial charge >= 0.3 is 0 Å². The zero-order chi connectivity index (χ0) is 52.5. The molecule has 9 N–H and O–H groups in total. The quantitative estimate of drug-likeness (QED) is 0.134. The van der Waals surface area contributed by atoms with E-state index in [0.717, 1.165) is 18.4 Å². The van der Waals surface area contributed by atoms with E-state index in [0.29, 0.717) is 17.8 Å². The Kier molecular flexibility index (Phi) is 90.8. The highest BCUT2D eigenvalue weighted by molar-refractivity contribution is 7.90. The van der Waals surface area contributed by atoms with E-state index in [1.807, 2.05) is 41.5 Å². The van der Waals surface area contributed by atoms with E-state index in [1.54, 1.807) is 69.2 Å². The molecule has 0 fully saturated rings. The van der Waals surface area contributed by atoms with Gasteiger partial charge in [0.2, 0.25) is 20.0 Å². The third-order valence-electron chi connectivity index (χ3n) is 1.54. The molecule has 0 heterocycles. The third kappa shape index (κ3) is 884. The molecule has 0 unspecified atom stereocenters. The maximum atomic E-state index is 11.0. The molecule has 0 aliphatic carbocycles. The number of aliphatic hydroxyl groups is 3. The van der Waals surface area contributed by atoms with Crippen molar-refractivity contribution in [3.05, 3.63) is 0 Å². The summed E-state index contributed by atoms with van der Waals surface area (Å²) in [6, 6.07) is 0.676. The van der Waals surface area contributed by atoms with Crippen LogP contribution in [0.4, 0.5) is 13.2 Å². The zero-order valence-electron chi connectivity index (χ0n) is 43.9. The third-order valence-corrected chi connectivity index (χ3v) is 4.61. The second-order valence-corrected chi connectivity index (χ2v) is 22.9. The average molecular weight is 954 g/mol. The highest BCUT2D eigenvalue weighted by Crippen LogP contribution is 1.95. The first-order chi connectivity index (χ1) is 25.8. The Hall–Kier alpha value is -0.640. The number of halogens is 3. The molecule has 60 heavy (non-hydrogen) atoms. The molecule has 19 heteroatoms. The van der Waals surface area contributed by atoms with E-state index in [9.17, 15) is 38.4 Å². The van der Waals surface area contributed by atoms with Crippen molar-refractivity contribution >= 4 is 29.9 Å². The number of nitrogens with one attached hydrogen (secondary N) is 2. The number of sulfonamides is 2. The van der Waals surface area contributed by atoms with Gasteiger partial charge in [0.25, 0.3) is 0 Å². The van der Waals surface area contributed by atoms with Crippen LogP contribution in [-0.2, 0) is 29.9 Å². The van der Waals surface area contributed by atoms with Crippen molar-refractivity contribution in [2.24, 2.45) is 23.3 Å². The largest absolute Gasteiger partial charge is 0.394 e. The molecule has 0 rings (SSSR count). The van der Waals surface area contributed by atoms with Crippen molar-refractivity contribution in [2.45, 2.75) is 234 Å². The summed E-state index contributed by atoms with van der Waals surface area (Å²) >= 11 is 0. The normalized spacial score (nSPS) is 10.4. The maximum absolute atomic E-state index is 11.0. The van der Waals surface area contributed by atoms with Crippen LogP contribution in [-0.4, -0.2) is 126 Å². The molecule has 0 aromatic carbocycles. The summed E-state index contributed by atoms with van der Waals surface area (Å²) in [6.45, 7) is 44.5. The summed E-state index contributed by atoms with van der Waals surface area (Å²) < 4.78 is 99.9. The molecule has 384 valence electrons. The molecule has 0 atom stereocenters. The molecule has 0 spiro atoms. The van der Waals surface area contributed by atoms with E-state index in [4.69, 9.17) is 26.8 Å². The Labute approximate surface area is 373 Å². The van der Waals surface area contributed by atoms with Gasteiger partial charge in [0.1, 0.15) is 9.84 Å². The van der Waals surface area contributed by atoms with Gasteiger partial charge in [-0.15, -0.1) is 0 Å². The predicted molar refractivity (Wildman–Crippen MR) is 261 cm³/mol. The fourth-order valence-corrected chi connectivity index (χ4v) is 4.39. The Morgan fingerprint density at radius 3 is 0.517 bits per heavy atom. The van der Waals surface area contributed by atoms with Crippen molar-refractivity contribution in [1.82, 2.24) is 9.44 Å². The summed E-state index contributed by atoms with van der Waals surface area (Å²) in [7, 11) is -8.67. The zero-order valence-corrected chi connectivity index (χ0v) is 46.4. The number of nitrogens with two attached hydrogens (primary N) is 2. The average Bonchev–Trinajstić information content (AvgIpc) is 2.76. The van der Waals surface area contributed by atoms with Crippen molar-refractivity contribution < 1.29 is 53.7 Å². The fraction of sp³-hybridized carbons (Fsp3) is 1.00. The molecule has 0 aromatic heterocycles. The van der Waals surface area contributed by atoms with Crippen LogP contribution in [0.3, 0.4) is 0 Å². The molecule has 0 aromatic rings. The first kappa shape index (κ1) is 90.1. The minimum absolute atomic E-state index is 0.00463. The smallest absolute Gasteiger partial charge is 0.208 e. The standard InChI is InChI=1S/C5H12O2S.2C4H11NO2S.C4H10.3C3H7F.2C3H9N.3C3H8O/c1-5(2)4-8(3,6)7;2*1-4(2)5-8(3,6)7;1-4(2)3;8*1-3(2)4/h5H,4H2,1-3H3;2*4-5H,1-3H3;4H,1-3H3;3*3H,1-2H3;2*3H,4H2,1-2H3;3*3-4H,1-2H3. The Morgan fingerprint density at radius 2 is 0.517 bits per heavy atom. The monoisotopic (exact) mass is 953 g/mol. The summed E-state index contributed by atoms with van der Waals surface area (Å²) in [5.41, 5.74) is 10.2. The van der Waals surface area contributed by atoms with Crippen molar-refractivity contribution in [3.63, 3.8) is 0 Å². The molecule has 0 radical (unpaired) electrons. The van der Waals surface area contributed by atoms with Gasteiger partial charge < -0.3 is 26.8 Å². The second kappa shape index (κ2) is 60.4. The van der Waals surface area contributed by atoms with Crippen LogP contribution in [0.5, 0.6) is 0 Å². The molecule has 0 aliphatic rings. The Morgan fingerprint density at radius 1 is 0.417 bits per heavy atom.